The van der Waals surface area contributed by atoms with Gasteiger partial charge < -0.3 is 15.6 Å². The van der Waals surface area contributed by atoms with Crippen molar-refractivity contribution >= 4 is 5.82 Å². The lowest BCUT2D eigenvalue weighted by Crippen LogP contribution is -2.32. The normalized spacial score (nSPS) is 13.0. The average Bonchev–Trinajstić information content (AvgIpc) is 2.17. The topological polar surface area (TPSA) is 84.5 Å². The van der Waals surface area contributed by atoms with Crippen LogP contribution in [0.5, 0.6) is 0 Å². The first-order valence-corrected chi connectivity index (χ1v) is 5.04. The summed E-state index contributed by atoms with van der Waals surface area (Å²) in [5.74, 6) is 1.10. The molecular formula is C10H18N4O2. The molecule has 1 atom stereocenters. The van der Waals surface area contributed by atoms with Crippen molar-refractivity contribution in [2.75, 3.05) is 33.0 Å². The van der Waals surface area contributed by atoms with Gasteiger partial charge in [-0.05, 0) is 13.1 Å². The highest BCUT2D eigenvalue weighted by atomic mass is 16.5. The molecule has 90 valence electrons. The van der Waals surface area contributed by atoms with E-state index in [1.807, 2.05) is 11.9 Å². The van der Waals surface area contributed by atoms with Crippen LogP contribution in [0.1, 0.15) is 5.82 Å². The molecule has 1 aromatic heterocycles. The van der Waals surface area contributed by atoms with Gasteiger partial charge in [0, 0.05) is 19.9 Å². The molecule has 1 heterocycles. The number of aromatic nitrogens is 2. The summed E-state index contributed by atoms with van der Waals surface area (Å²) >= 11 is 0. The average molecular weight is 226 g/mol. The Kier molecular flexibility index (Phi) is 5.10. The van der Waals surface area contributed by atoms with Crippen LogP contribution < -0.4 is 5.73 Å². The Balaban J connectivity index is 2.42. The summed E-state index contributed by atoms with van der Waals surface area (Å²) < 4.78 is 4.85. The van der Waals surface area contributed by atoms with Crippen LogP contribution in [0.25, 0.3) is 0 Å². The lowest BCUT2D eigenvalue weighted by atomic mass is 10.3. The van der Waals surface area contributed by atoms with Gasteiger partial charge in [-0.2, -0.15) is 0 Å². The van der Waals surface area contributed by atoms with Crippen LogP contribution in [0.15, 0.2) is 12.3 Å². The van der Waals surface area contributed by atoms with Gasteiger partial charge in [-0.1, -0.05) is 0 Å². The Hall–Kier alpha value is -1.24. The third-order valence-electron chi connectivity index (χ3n) is 2.02. The number of likely N-dealkylation sites (N-methyl/N-ethyl adjacent to an activating group) is 1. The zero-order valence-corrected chi connectivity index (χ0v) is 9.63. The number of anilines is 1. The molecule has 0 aliphatic heterocycles. The molecule has 1 rings (SSSR count). The van der Waals surface area contributed by atoms with Crippen molar-refractivity contribution < 1.29 is 9.84 Å². The quantitative estimate of drug-likeness (QED) is 0.680. The van der Waals surface area contributed by atoms with Crippen molar-refractivity contribution in [3.63, 3.8) is 0 Å². The molecule has 0 fully saturated rings. The molecule has 0 saturated carbocycles. The summed E-state index contributed by atoms with van der Waals surface area (Å²) in [4.78, 5) is 10.1. The van der Waals surface area contributed by atoms with Gasteiger partial charge in [0.15, 0.2) is 0 Å². The van der Waals surface area contributed by atoms with E-state index in [1.165, 1.54) is 0 Å². The van der Waals surface area contributed by atoms with Gasteiger partial charge in [-0.25, -0.2) is 9.97 Å². The highest BCUT2D eigenvalue weighted by molar-refractivity contribution is 5.24. The van der Waals surface area contributed by atoms with Gasteiger partial charge in [0.1, 0.15) is 11.6 Å². The van der Waals surface area contributed by atoms with Crippen LogP contribution >= 0.6 is 0 Å². The molecule has 3 N–H and O–H groups in total. The minimum atomic E-state index is -0.504. The van der Waals surface area contributed by atoms with Crippen LogP contribution in [-0.4, -0.2) is 53.4 Å². The highest BCUT2D eigenvalue weighted by Crippen LogP contribution is 2.00. The smallest absolute Gasteiger partial charge is 0.144 e. The van der Waals surface area contributed by atoms with Crippen molar-refractivity contribution in [2.45, 2.75) is 12.6 Å². The molecule has 16 heavy (non-hydrogen) atoms. The number of ether oxygens (including phenoxy) is 1. The van der Waals surface area contributed by atoms with E-state index in [-0.39, 0.29) is 0 Å². The fourth-order valence-corrected chi connectivity index (χ4v) is 1.40. The summed E-state index contributed by atoms with van der Waals surface area (Å²) in [6.07, 6.45) is 1.12. The summed E-state index contributed by atoms with van der Waals surface area (Å²) in [6, 6.07) is 1.64. The molecule has 6 heteroatoms. The molecule has 0 aliphatic carbocycles. The number of nitrogens with zero attached hydrogens (tertiary/aromatic N) is 3. The fourth-order valence-electron chi connectivity index (χ4n) is 1.40. The number of aliphatic hydroxyl groups excluding tert-OH is 1. The molecule has 0 amide bonds. The van der Waals surface area contributed by atoms with Crippen LogP contribution in [-0.2, 0) is 11.3 Å². The van der Waals surface area contributed by atoms with Crippen LogP contribution in [0.4, 0.5) is 5.82 Å². The second kappa shape index (κ2) is 6.37. The summed E-state index contributed by atoms with van der Waals surface area (Å²) in [5, 5.41) is 9.52. The SMILES string of the molecule is COCC(O)CN(C)Cc1nccc(N)n1. The van der Waals surface area contributed by atoms with Crippen LogP contribution in [0, 0.1) is 0 Å². The van der Waals surface area contributed by atoms with Crippen molar-refractivity contribution in [3.05, 3.63) is 18.1 Å². The first kappa shape index (κ1) is 12.8. The molecule has 0 bridgehead atoms. The van der Waals surface area contributed by atoms with Gasteiger partial charge in [0.05, 0.1) is 19.3 Å². The Morgan fingerprint density at radius 1 is 1.62 bits per heavy atom. The number of rotatable bonds is 6. The second-order valence-electron chi connectivity index (χ2n) is 3.70. The van der Waals surface area contributed by atoms with E-state index < -0.39 is 6.10 Å². The predicted molar refractivity (Wildman–Crippen MR) is 60.7 cm³/mol. The lowest BCUT2D eigenvalue weighted by molar-refractivity contribution is 0.0414. The maximum atomic E-state index is 9.52. The summed E-state index contributed by atoms with van der Waals surface area (Å²) in [7, 11) is 3.44. The first-order chi connectivity index (χ1) is 7.61. The zero-order valence-electron chi connectivity index (χ0n) is 9.63. The predicted octanol–water partition coefficient (Wildman–Crippen LogP) is -0.502. The second-order valence-corrected chi connectivity index (χ2v) is 3.70. The van der Waals surface area contributed by atoms with Crippen LogP contribution in [0.2, 0.25) is 0 Å². The molecule has 6 nitrogen and oxygen atoms in total. The lowest BCUT2D eigenvalue weighted by Gasteiger charge is -2.19. The van der Waals surface area contributed by atoms with E-state index in [1.54, 1.807) is 19.4 Å². The Bertz CT molecular complexity index is 321. The number of hydrogen-bond acceptors (Lipinski definition) is 6. The van der Waals surface area contributed by atoms with Gasteiger partial charge in [0.25, 0.3) is 0 Å². The van der Waals surface area contributed by atoms with Crippen molar-refractivity contribution in [1.29, 1.82) is 0 Å². The Labute approximate surface area is 95.1 Å². The molecule has 0 aliphatic rings. The zero-order chi connectivity index (χ0) is 12.0. The Morgan fingerprint density at radius 2 is 2.38 bits per heavy atom. The van der Waals surface area contributed by atoms with E-state index in [0.29, 0.717) is 31.3 Å². The minimum Gasteiger partial charge on any atom is -0.389 e. The van der Waals surface area contributed by atoms with E-state index in [0.717, 1.165) is 0 Å². The molecule has 0 aromatic carbocycles. The summed E-state index contributed by atoms with van der Waals surface area (Å²) in [5.41, 5.74) is 5.54. The third kappa shape index (κ3) is 4.52. The summed E-state index contributed by atoms with van der Waals surface area (Å²) in [6.45, 7) is 1.37. The third-order valence-corrected chi connectivity index (χ3v) is 2.02. The molecule has 1 aromatic rings. The van der Waals surface area contributed by atoms with Gasteiger partial charge in [-0.15, -0.1) is 0 Å². The number of nitrogen functional groups attached to an aromatic ring is 1. The maximum Gasteiger partial charge on any atom is 0.144 e. The van der Waals surface area contributed by atoms with Gasteiger partial charge >= 0.3 is 0 Å². The first-order valence-electron chi connectivity index (χ1n) is 5.04. The van der Waals surface area contributed by atoms with Crippen molar-refractivity contribution in [1.82, 2.24) is 14.9 Å². The van der Waals surface area contributed by atoms with E-state index in [4.69, 9.17) is 10.5 Å². The monoisotopic (exact) mass is 226 g/mol. The maximum absolute atomic E-state index is 9.52. The number of nitrogens with two attached hydrogens (primary N) is 1. The van der Waals surface area contributed by atoms with Crippen molar-refractivity contribution in [3.8, 4) is 0 Å². The van der Waals surface area contributed by atoms with Crippen molar-refractivity contribution in [2.24, 2.45) is 0 Å². The van der Waals surface area contributed by atoms with E-state index in [2.05, 4.69) is 9.97 Å². The van der Waals surface area contributed by atoms with E-state index >= 15 is 0 Å². The van der Waals surface area contributed by atoms with Gasteiger partial charge in [0.2, 0.25) is 0 Å². The Morgan fingerprint density at radius 3 is 3.00 bits per heavy atom. The molecular weight excluding hydrogens is 208 g/mol. The fraction of sp³-hybridized carbons (Fsp3) is 0.600. The van der Waals surface area contributed by atoms with Crippen LogP contribution in [0.3, 0.4) is 0 Å². The minimum absolute atomic E-state index is 0.322. The standard InChI is InChI=1S/C10H18N4O2/c1-14(5-8(15)7-16-2)6-10-12-4-3-9(11)13-10/h3-4,8,15H,5-7H2,1-2H3,(H2,11,12,13). The molecule has 1 unspecified atom stereocenters. The molecule has 0 spiro atoms. The largest absolute Gasteiger partial charge is 0.389 e. The number of aliphatic hydroxyl groups is 1. The van der Waals surface area contributed by atoms with Gasteiger partial charge in [-0.3, -0.25) is 4.90 Å². The molecule has 0 radical (unpaired) electrons. The highest BCUT2D eigenvalue weighted by Gasteiger charge is 2.09. The molecule has 0 saturated heterocycles. The van der Waals surface area contributed by atoms with E-state index in [9.17, 15) is 5.11 Å². The number of methoxy groups -OCH3 is 1. The number of hydrogen-bond donors (Lipinski definition) is 2.